The van der Waals surface area contributed by atoms with E-state index in [4.69, 9.17) is 0 Å². The van der Waals surface area contributed by atoms with Crippen LogP contribution in [0.4, 0.5) is 0 Å². The van der Waals surface area contributed by atoms with Crippen molar-refractivity contribution < 1.29 is 4.79 Å². The largest absolute Gasteiger partial charge is 0.335 e. The Labute approximate surface area is 148 Å². The molecule has 0 radical (unpaired) electrons. The summed E-state index contributed by atoms with van der Waals surface area (Å²) >= 11 is 3.34. The van der Waals surface area contributed by atoms with Gasteiger partial charge in [-0.05, 0) is 46.6 Å². The van der Waals surface area contributed by atoms with E-state index in [-0.39, 0.29) is 11.9 Å². The maximum atomic E-state index is 12.6. The third kappa shape index (κ3) is 3.35. The molecule has 0 N–H and O–H groups in total. The molecule has 6 nitrogen and oxygen atoms in total. The van der Waals surface area contributed by atoms with E-state index in [1.165, 1.54) is 6.33 Å². The molecule has 24 heavy (non-hydrogen) atoms. The van der Waals surface area contributed by atoms with Crippen LogP contribution < -0.4 is 0 Å². The number of hydrogen-bond donors (Lipinski definition) is 0. The van der Waals surface area contributed by atoms with Gasteiger partial charge in [0, 0.05) is 23.9 Å². The van der Waals surface area contributed by atoms with Crippen LogP contribution >= 0.6 is 15.9 Å². The molecule has 1 amide bonds. The molecule has 0 fully saturated rings. The Balaban J connectivity index is 1.78. The predicted molar refractivity (Wildman–Crippen MR) is 93.8 cm³/mol. The van der Waals surface area contributed by atoms with Gasteiger partial charge in [0.25, 0.3) is 5.91 Å². The minimum Gasteiger partial charge on any atom is -0.335 e. The summed E-state index contributed by atoms with van der Waals surface area (Å²) in [4.78, 5) is 22.3. The average Bonchev–Trinajstić information content (AvgIpc) is 3.14. The molecular weight excluding hydrogens is 370 g/mol. The fourth-order valence-corrected chi connectivity index (χ4v) is 2.74. The van der Waals surface area contributed by atoms with Gasteiger partial charge in [-0.3, -0.25) is 9.78 Å². The Hall–Kier alpha value is -2.54. The predicted octanol–water partition coefficient (Wildman–Crippen LogP) is 3.26. The molecule has 0 spiro atoms. The zero-order valence-electron chi connectivity index (χ0n) is 13.3. The van der Waals surface area contributed by atoms with Gasteiger partial charge < -0.3 is 4.90 Å². The first-order valence-electron chi connectivity index (χ1n) is 7.39. The van der Waals surface area contributed by atoms with Gasteiger partial charge in [0.2, 0.25) is 0 Å². The van der Waals surface area contributed by atoms with Crippen LogP contribution in [0.15, 0.2) is 59.9 Å². The molecule has 122 valence electrons. The van der Waals surface area contributed by atoms with Crippen LogP contribution in [-0.2, 0) is 0 Å². The summed E-state index contributed by atoms with van der Waals surface area (Å²) in [5.41, 5.74) is 2.52. The molecular formula is C17H16BrN5O. The van der Waals surface area contributed by atoms with Crippen LogP contribution in [0, 0.1) is 0 Å². The second-order valence-corrected chi connectivity index (χ2v) is 6.33. The van der Waals surface area contributed by atoms with Crippen molar-refractivity contribution in [1.82, 2.24) is 24.6 Å². The van der Waals surface area contributed by atoms with E-state index in [2.05, 4.69) is 31.0 Å². The summed E-state index contributed by atoms with van der Waals surface area (Å²) in [5.74, 6) is -0.0725. The van der Waals surface area contributed by atoms with Crippen molar-refractivity contribution in [3.63, 3.8) is 0 Å². The van der Waals surface area contributed by atoms with Crippen LogP contribution in [0.5, 0.6) is 0 Å². The Morgan fingerprint density at radius 3 is 2.58 bits per heavy atom. The molecule has 2 aromatic heterocycles. The van der Waals surface area contributed by atoms with E-state index in [0.717, 1.165) is 15.7 Å². The number of hydrogen-bond acceptors (Lipinski definition) is 4. The molecule has 2 heterocycles. The minimum absolute atomic E-state index is 0.0683. The monoisotopic (exact) mass is 385 g/mol. The van der Waals surface area contributed by atoms with E-state index < -0.39 is 0 Å². The van der Waals surface area contributed by atoms with Crippen molar-refractivity contribution in [3.05, 3.63) is 71.0 Å². The highest BCUT2D eigenvalue weighted by Crippen LogP contribution is 2.22. The van der Waals surface area contributed by atoms with Gasteiger partial charge in [-0.15, -0.1) is 0 Å². The molecule has 0 saturated heterocycles. The first-order valence-corrected chi connectivity index (χ1v) is 8.18. The van der Waals surface area contributed by atoms with Crippen molar-refractivity contribution in [2.45, 2.75) is 13.0 Å². The highest BCUT2D eigenvalue weighted by molar-refractivity contribution is 9.10. The molecule has 0 unspecified atom stereocenters. The van der Waals surface area contributed by atoms with Crippen LogP contribution in [-0.4, -0.2) is 37.6 Å². The Morgan fingerprint density at radius 2 is 1.96 bits per heavy atom. The van der Waals surface area contributed by atoms with Crippen molar-refractivity contribution in [2.24, 2.45) is 0 Å². The quantitative estimate of drug-likeness (QED) is 0.691. The summed E-state index contributed by atoms with van der Waals surface area (Å²) in [6.07, 6.45) is 6.37. The molecule has 3 aromatic rings. The zero-order chi connectivity index (χ0) is 17.1. The lowest BCUT2D eigenvalue weighted by Crippen LogP contribution is -2.29. The number of amides is 1. The Kier molecular flexibility index (Phi) is 4.71. The second kappa shape index (κ2) is 6.92. The van der Waals surface area contributed by atoms with E-state index in [0.29, 0.717) is 5.56 Å². The standard InChI is InChI=1S/C17H16BrN5O/c1-12(22(2)17(24)14-7-15(18)9-19-8-14)13-3-5-16(6-4-13)23-11-20-10-21-23/h3-12H,1-2H3/t12-/m1/s1. The lowest BCUT2D eigenvalue weighted by molar-refractivity contribution is 0.0742. The first-order chi connectivity index (χ1) is 11.6. The van der Waals surface area contributed by atoms with Crippen molar-refractivity contribution in [3.8, 4) is 5.69 Å². The van der Waals surface area contributed by atoms with Gasteiger partial charge in [0.05, 0.1) is 17.3 Å². The van der Waals surface area contributed by atoms with E-state index in [9.17, 15) is 4.79 Å². The van der Waals surface area contributed by atoms with Crippen LogP contribution in [0.25, 0.3) is 5.69 Å². The second-order valence-electron chi connectivity index (χ2n) is 5.42. The Bertz CT molecular complexity index is 832. The number of benzene rings is 1. The van der Waals surface area contributed by atoms with Crippen molar-refractivity contribution in [2.75, 3.05) is 7.05 Å². The number of nitrogens with zero attached hydrogens (tertiary/aromatic N) is 5. The maximum Gasteiger partial charge on any atom is 0.255 e. The third-order valence-corrected chi connectivity index (χ3v) is 4.35. The molecule has 0 aliphatic carbocycles. The number of carbonyl (C=O) groups is 1. The van der Waals surface area contributed by atoms with Crippen LogP contribution in [0.1, 0.15) is 28.9 Å². The number of pyridine rings is 1. The fourth-order valence-electron chi connectivity index (χ4n) is 2.38. The Morgan fingerprint density at radius 1 is 1.21 bits per heavy atom. The van der Waals surface area contributed by atoms with Gasteiger partial charge in [0.15, 0.2) is 0 Å². The first kappa shape index (κ1) is 16.3. The molecule has 0 saturated carbocycles. The van der Waals surface area contributed by atoms with Gasteiger partial charge in [-0.1, -0.05) is 12.1 Å². The maximum absolute atomic E-state index is 12.6. The van der Waals surface area contributed by atoms with Crippen molar-refractivity contribution >= 4 is 21.8 Å². The van der Waals surface area contributed by atoms with Gasteiger partial charge in [-0.2, -0.15) is 5.10 Å². The molecule has 0 aliphatic heterocycles. The highest BCUT2D eigenvalue weighted by Gasteiger charge is 2.19. The van der Waals surface area contributed by atoms with Gasteiger partial charge in [0.1, 0.15) is 12.7 Å². The number of aromatic nitrogens is 4. The summed E-state index contributed by atoms with van der Waals surface area (Å²) < 4.78 is 2.47. The minimum atomic E-state index is -0.0725. The van der Waals surface area contributed by atoms with Gasteiger partial charge in [-0.25, -0.2) is 9.67 Å². The van der Waals surface area contributed by atoms with Gasteiger partial charge >= 0.3 is 0 Å². The summed E-state index contributed by atoms with van der Waals surface area (Å²) in [5, 5.41) is 4.10. The molecule has 1 aromatic carbocycles. The smallest absolute Gasteiger partial charge is 0.255 e. The number of halogens is 1. The normalized spacial score (nSPS) is 12.0. The van der Waals surface area contributed by atoms with E-state index in [1.807, 2.05) is 31.2 Å². The lowest BCUT2D eigenvalue weighted by Gasteiger charge is -2.25. The summed E-state index contributed by atoms with van der Waals surface area (Å²) in [6, 6.07) is 9.60. The van der Waals surface area contributed by atoms with Crippen molar-refractivity contribution in [1.29, 1.82) is 0 Å². The molecule has 1 atom stereocenters. The summed E-state index contributed by atoms with van der Waals surface area (Å²) in [7, 11) is 1.79. The lowest BCUT2D eigenvalue weighted by atomic mass is 10.1. The highest BCUT2D eigenvalue weighted by atomic mass is 79.9. The third-order valence-electron chi connectivity index (χ3n) is 3.91. The topological polar surface area (TPSA) is 63.9 Å². The summed E-state index contributed by atoms with van der Waals surface area (Å²) in [6.45, 7) is 1.99. The van der Waals surface area contributed by atoms with E-state index in [1.54, 1.807) is 41.4 Å². The molecule has 3 rings (SSSR count). The average molecular weight is 386 g/mol. The van der Waals surface area contributed by atoms with Crippen LogP contribution in [0.3, 0.4) is 0 Å². The van der Waals surface area contributed by atoms with E-state index >= 15 is 0 Å². The zero-order valence-corrected chi connectivity index (χ0v) is 14.9. The number of carbonyl (C=O) groups excluding carboxylic acids is 1. The SMILES string of the molecule is C[C@H](c1ccc(-n2cncn2)cc1)N(C)C(=O)c1cncc(Br)c1. The fraction of sp³-hybridized carbons (Fsp3) is 0.176. The molecule has 0 aliphatic rings. The molecule has 0 bridgehead atoms. The molecule has 7 heteroatoms. The van der Waals surface area contributed by atoms with Crippen LogP contribution in [0.2, 0.25) is 0 Å². The number of rotatable bonds is 4.